The third-order valence-corrected chi connectivity index (χ3v) is 3.30. The summed E-state index contributed by atoms with van der Waals surface area (Å²) in [5.74, 6) is 0. The molecule has 15 heavy (non-hydrogen) atoms. The predicted octanol–water partition coefficient (Wildman–Crippen LogP) is 3.83. The zero-order valence-electron chi connectivity index (χ0n) is 9.75. The van der Waals surface area contributed by atoms with E-state index in [1.807, 2.05) is 0 Å². The van der Waals surface area contributed by atoms with Crippen LogP contribution in [-0.2, 0) is 9.53 Å². The molecule has 0 spiro atoms. The zero-order chi connectivity index (χ0) is 10.8. The van der Waals surface area contributed by atoms with E-state index >= 15 is 0 Å². The summed E-state index contributed by atoms with van der Waals surface area (Å²) in [6.07, 6.45) is 14.3. The maximum atomic E-state index is 10.3. The van der Waals surface area contributed by atoms with E-state index in [2.05, 4.69) is 0 Å². The second-order valence-electron chi connectivity index (χ2n) is 4.61. The molecular formula is C13H24O2. The van der Waals surface area contributed by atoms with E-state index < -0.39 is 0 Å². The summed E-state index contributed by atoms with van der Waals surface area (Å²) in [5.41, 5.74) is 0. The molecule has 2 heteroatoms. The van der Waals surface area contributed by atoms with Crippen molar-refractivity contribution in [3.63, 3.8) is 0 Å². The van der Waals surface area contributed by atoms with Crippen LogP contribution in [0, 0.1) is 0 Å². The van der Waals surface area contributed by atoms with Crippen LogP contribution in [0.5, 0.6) is 0 Å². The third kappa shape index (κ3) is 6.53. The standard InChI is InChI=1S/C13H24O2/c14-12-15-13-10-8-6-4-2-1-3-5-7-9-11-13/h12-13H,1-11H2. The Morgan fingerprint density at radius 1 is 0.733 bits per heavy atom. The zero-order valence-corrected chi connectivity index (χ0v) is 9.75. The molecule has 1 aliphatic carbocycles. The van der Waals surface area contributed by atoms with Crippen LogP contribution in [0.25, 0.3) is 0 Å². The van der Waals surface area contributed by atoms with Crippen molar-refractivity contribution in [3.8, 4) is 0 Å². The molecule has 0 aromatic rings. The van der Waals surface area contributed by atoms with E-state index in [1.165, 1.54) is 57.8 Å². The first kappa shape index (κ1) is 12.5. The molecule has 0 heterocycles. The number of hydrogen-bond donors (Lipinski definition) is 0. The van der Waals surface area contributed by atoms with Crippen LogP contribution < -0.4 is 0 Å². The van der Waals surface area contributed by atoms with Gasteiger partial charge in [0.15, 0.2) is 0 Å². The van der Waals surface area contributed by atoms with E-state index in [4.69, 9.17) is 4.74 Å². The fourth-order valence-corrected chi connectivity index (χ4v) is 2.34. The second-order valence-corrected chi connectivity index (χ2v) is 4.61. The van der Waals surface area contributed by atoms with Gasteiger partial charge in [0.2, 0.25) is 0 Å². The summed E-state index contributed by atoms with van der Waals surface area (Å²) in [4.78, 5) is 10.3. The lowest BCUT2D eigenvalue weighted by Gasteiger charge is -2.15. The van der Waals surface area contributed by atoms with Crippen molar-refractivity contribution in [2.24, 2.45) is 0 Å². The topological polar surface area (TPSA) is 26.3 Å². The van der Waals surface area contributed by atoms with Crippen LogP contribution in [0.2, 0.25) is 0 Å². The largest absolute Gasteiger partial charge is 0.465 e. The maximum Gasteiger partial charge on any atom is 0.293 e. The molecule has 0 atom stereocenters. The minimum absolute atomic E-state index is 0.196. The molecule has 2 nitrogen and oxygen atoms in total. The first-order valence-corrected chi connectivity index (χ1v) is 6.52. The molecule has 0 bridgehead atoms. The van der Waals surface area contributed by atoms with E-state index in [1.54, 1.807) is 0 Å². The fraction of sp³-hybridized carbons (Fsp3) is 0.923. The third-order valence-electron chi connectivity index (χ3n) is 3.30. The summed E-state index contributed by atoms with van der Waals surface area (Å²) in [6, 6.07) is 0. The van der Waals surface area contributed by atoms with Crippen LogP contribution >= 0.6 is 0 Å². The van der Waals surface area contributed by atoms with Gasteiger partial charge in [0.05, 0.1) is 0 Å². The molecule has 0 aromatic carbocycles. The smallest absolute Gasteiger partial charge is 0.293 e. The van der Waals surface area contributed by atoms with Gasteiger partial charge < -0.3 is 4.74 Å². The van der Waals surface area contributed by atoms with Gasteiger partial charge in [-0.15, -0.1) is 0 Å². The van der Waals surface area contributed by atoms with Gasteiger partial charge in [-0.2, -0.15) is 0 Å². The lowest BCUT2D eigenvalue weighted by molar-refractivity contribution is -0.134. The normalized spacial score (nSPS) is 22.4. The van der Waals surface area contributed by atoms with E-state index in [0.29, 0.717) is 6.47 Å². The summed E-state index contributed by atoms with van der Waals surface area (Å²) in [6.45, 7) is 0.622. The van der Waals surface area contributed by atoms with Crippen molar-refractivity contribution in [2.45, 2.75) is 76.7 Å². The van der Waals surface area contributed by atoms with Gasteiger partial charge in [0.1, 0.15) is 6.10 Å². The highest BCUT2D eigenvalue weighted by molar-refractivity contribution is 5.37. The summed E-state index contributed by atoms with van der Waals surface area (Å²) in [7, 11) is 0. The van der Waals surface area contributed by atoms with Crippen LogP contribution in [0.3, 0.4) is 0 Å². The molecule has 1 saturated carbocycles. The number of ether oxygens (including phenoxy) is 1. The minimum atomic E-state index is 0.196. The highest BCUT2D eigenvalue weighted by Crippen LogP contribution is 2.18. The van der Waals surface area contributed by atoms with Crippen molar-refractivity contribution in [1.29, 1.82) is 0 Å². The molecule has 0 saturated heterocycles. The average molecular weight is 212 g/mol. The molecular weight excluding hydrogens is 188 g/mol. The summed E-state index contributed by atoms with van der Waals surface area (Å²) in [5, 5.41) is 0. The fourth-order valence-electron chi connectivity index (χ4n) is 2.34. The monoisotopic (exact) mass is 212 g/mol. The van der Waals surface area contributed by atoms with Crippen molar-refractivity contribution in [2.75, 3.05) is 0 Å². The van der Waals surface area contributed by atoms with E-state index in [9.17, 15) is 4.79 Å². The number of carbonyl (C=O) groups is 1. The quantitative estimate of drug-likeness (QED) is 0.650. The number of carbonyl (C=O) groups excluding carboxylic acids is 1. The van der Waals surface area contributed by atoms with Gasteiger partial charge in [-0.25, -0.2) is 0 Å². The second kappa shape index (κ2) is 8.75. The average Bonchev–Trinajstić information content (AvgIpc) is 2.22. The molecule has 0 radical (unpaired) electrons. The lowest BCUT2D eigenvalue weighted by atomic mass is 9.99. The Morgan fingerprint density at radius 3 is 1.53 bits per heavy atom. The first-order chi connectivity index (χ1) is 7.43. The maximum absolute atomic E-state index is 10.3. The van der Waals surface area contributed by atoms with Crippen molar-refractivity contribution < 1.29 is 9.53 Å². The molecule has 1 fully saturated rings. The van der Waals surface area contributed by atoms with Gasteiger partial charge >= 0.3 is 0 Å². The molecule has 1 aliphatic rings. The van der Waals surface area contributed by atoms with E-state index in [-0.39, 0.29) is 6.10 Å². The van der Waals surface area contributed by atoms with Gasteiger partial charge in [0.25, 0.3) is 6.47 Å². The number of rotatable bonds is 2. The lowest BCUT2D eigenvalue weighted by Crippen LogP contribution is -2.12. The molecule has 0 N–H and O–H groups in total. The van der Waals surface area contributed by atoms with Gasteiger partial charge in [-0.3, -0.25) is 4.79 Å². The van der Waals surface area contributed by atoms with Crippen molar-refractivity contribution >= 4 is 6.47 Å². The van der Waals surface area contributed by atoms with Gasteiger partial charge in [-0.05, 0) is 25.7 Å². The molecule has 0 unspecified atom stereocenters. The van der Waals surface area contributed by atoms with E-state index in [0.717, 1.165) is 12.8 Å². The minimum Gasteiger partial charge on any atom is -0.465 e. The van der Waals surface area contributed by atoms with Crippen LogP contribution in [-0.4, -0.2) is 12.6 Å². The Balaban J connectivity index is 2.22. The van der Waals surface area contributed by atoms with Crippen molar-refractivity contribution in [3.05, 3.63) is 0 Å². The Hall–Kier alpha value is -0.530. The first-order valence-electron chi connectivity index (χ1n) is 6.52. The molecule has 88 valence electrons. The Kier molecular flexibility index (Phi) is 7.32. The Morgan fingerprint density at radius 2 is 1.13 bits per heavy atom. The number of hydrogen-bond acceptors (Lipinski definition) is 2. The molecule has 0 aliphatic heterocycles. The Bertz CT molecular complexity index is 145. The van der Waals surface area contributed by atoms with Crippen LogP contribution in [0.15, 0.2) is 0 Å². The SMILES string of the molecule is O=COC1CCCCCCCCCCC1. The highest BCUT2D eigenvalue weighted by atomic mass is 16.5. The van der Waals surface area contributed by atoms with Crippen LogP contribution in [0.1, 0.15) is 70.6 Å². The molecule has 0 amide bonds. The summed E-state index contributed by atoms with van der Waals surface area (Å²) < 4.78 is 5.11. The van der Waals surface area contributed by atoms with Gasteiger partial charge in [-0.1, -0.05) is 44.9 Å². The summed E-state index contributed by atoms with van der Waals surface area (Å²) >= 11 is 0. The Labute approximate surface area is 93.4 Å². The van der Waals surface area contributed by atoms with Crippen LogP contribution in [0.4, 0.5) is 0 Å². The van der Waals surface area contributed by atoms with Crippen molar-refractivity contribution in [1.82, 2.24) is 0 Å². The molecule has 1 rings (SSSR count). The predicted molar refractivity (Wildman–Crippen MR) is 61.7 cm³/mol. The highest BCUT2D eigenvalue weighted by Gasteiger charge is 2.09. The molecule has 0 aromatic heterocycles. The van der Waals surface area contributed by atoms with Gasteiger partial charge in [0, 0.05) is 0 Å².